The molecule has 0 radical (unpaired) electrons. The maximum atomic E-state index is 5.71. The number of hydrogen-bond donors (Lipinski definition) is 2. The van der Waals surface area contributed by atoms with Crippen LogP contribution in [0.5, 0.6) is 0 Å². The van der Waals surface area contributed by atoms with Gasteiger partial charge in [0, 0.05) is 23.0 Å². The molecule has 1 unspecified atom stereocenters. The Balaban J connectivity index is 1.94. The highest BCUT2D eigenvalue weighted by molar-refractivity contribution is 7.12. The van der Waals surface area contributed by atoms with Crippen LogP contribution in [0.15, 0.2) is 18.3 Å². The van der Waals surface area contributed by atoms with E-state index in [1.807, 2.05) is 35.3 Å². The summed E-state index contributed by atoms with van der Waals surface area (Å²) in [5.74, 6) is 5.71. The van der Waals surface area contributed by atoms with Gasteiger partial charge in [0.2, 0.25) is 0 Å². The first-order valence-corrected chi connectivity index (χ1v) is 7.16. The highest BCUT2D eigenvalue weighted by Crippen LogP contribution is 2.34. The van der Waals surface area contributed by atoms with Gasteiger partial charge in [0.1, 0.15) is 0 Å². The molecule has 2 aromatic heterocycles. The van der Waals surface area contributed by atoms with Crippen molar-refractivity contribution < 1.29 is 0 Å². The number of rotatable bonds is 3. The molecule has 3 N–H and O–H groups in total. The smallest absolute Gasteiger partial charge is 0.0991 e. The summed E-state index contributed by atoms with van der Waals surface area (Å²) in [6.07, 6.45) is 7.02. The summed E-state index contributed by atoms with van der Waals surface area (Å²) in [4.78, 5) is 2.82. The lowest BCUT2D eigenvalue weighted by atomic mass is 9.98. The summed E-state index contributed by atoms with van der Waals surface area (Å²) < 4.78 is 1.81. The minimum Gasteiger partial charge on any atom is -0.275 e. The first-order chi connectivity index (χ1) is 8.78. The summed E-state index contributed by atoms with van der Waals surface area (Å²) in [6.45, 7) is 0. The van der Waals surface area contributed by atoms with Crippen molar-refractivity contribution in [3.63, 3.8) is 0 Å². The summed E-state index contributed by atoms with van der Waals surface area (Å²) in [5, 5.41) is 4.45. The molecule has 2 heterocycles. The number of hydrogen-bond acceptors (Lipinski definition) is 4. The van der Waals surface area contributed by atoms with Gasteiger partial charge in [-0.2, -0.15) is 5.10 Å². The topological polar surface area (TPSA) is 55.9 Å². The van der Waals surface area contributed by atoms with E-state index in [1.54, 1.807) is 0 Å². The number of thiophene rings is 1. The number of aryl methyl sites for hydroxylation is 3. The van der Waals surface area contributed by atoms with E-state index < -0.39 is 0 Å². The summed E-state index contributed by atoms with van der Waals surface area (Å²) >= 11 is 1.88. The fraction of sp³-hybridized carbons (Fsp3) is 0.462. The molecule has 0 saturated heterocycles. The van der Waals surface area contributed by atoms with E-state index in [4.69, 9.17) is 5.84 Å². The molecule has 0 amide bonds. The third kappa shape index (κ3) is 2.09. The zero-order chi connectivity index (χ0) is 12.5. The summed E-state index contributed by atoms with van der Waals surface area (Å²) in [5.41, 5.74) is 5.39. The van der Waals surface area contributed by atoms with Crippen molar-refractivity contribution in [3.8, 4) is 0 Å². The molecule has 1 atom stereocenters. The zero-order valence-corrected chi connectivity index (χ0v) is 11.3. The zero-order valence-electron chi connectivity index (χ0n) is 10.5. The highest BCUT2D eigenvalue weighted by atomic mass is 32.1. The minimum atomic E-state index is 0.0156. The molecule has 4 nitrogen and oxygen atoms in total. The van der Waals surface area contributed by atoms with Crippen LogP contribution in [0.25, 0.3) is 0 Å². The standard InChI is InChI=1S/C13H18N4S/c1-17-7-6-10(16-17)13(15-14)12-8-9-4-2-3-5-11(9)18-12/h6-8,13,15H,2-5,14H2,1H3. The molecule has 3 rings (SSSR count). The molecule has 0 aliphatic heterocycles. The van der Waals surface area contributed by atoms with E-state index in [0.29, 0.717) is 0 Å². The van der Waals surface area contributed by atoms with Crippen LogP contribution in [-0.2, 0) is 19.9 Å². The Morgan fingerprint density at radius 1 is 1.44 bits per heavy atom. The van der Waals surface area contributed by atoms with Crippen molar-refractivity contribution >= 4 is 11.3 Å². The molecular formula is C13H18N4S. The fourth-order valence-corrected chi connectivity index (χ4v) is 3.89. The average Bonchev–Trinajstić information content (AvgIpc) is 2.96. The number of nitrogens with zero attached hydrogens (tertiary/aromatic N) is 2. The number of hydrazine groups is 1. The van der Waals surface area contributed by atoms with Crippen LogP contribution < -0.4 is 11.3 Å². The highest BCUT2D eigenvalue weighted by Gasteiger charge is 2.21. The second-order valence-electron chi connectivity index (χ2n) is 4.82. The molecule has 0 aromatic carbocycles. The normalized spacial score (nSPS) is 16.6. The van der Waals surface area contributed by atoms with Crippen LogP contribution in [0, 0.1) is 0 Å². The van der Waals surface area contributed by atoms with Crippen molar-refractivity contribution in [2.75, 3.05) is 0 Å². The molecule has 0 saturated carbocycles. The van der Waals surface area contributed by atoms with Gasteiger partial charge in [0.05, 0.1) is 11.7 Å². The van der Waals surface area contributed by atoms with Crippen LogP contribution in [0.2, 0.25) is 0 Å². The first kappa shape index (κ1) is 11.9. The van der Waals surface area contributed by atoms with Gasteiger partial charge in [-0.25, -0.2) is 5.43 Å². The van der Waals surface area contributed by atoms with Crippen molar-refractivity contribution in [3.05, 3.63) is 39.3 Å². The van der Waals surface area contributed by atoms with Gasteiger partial charge >= 0.3 is 0 Å². The van der Waals surface area contributed by atoms with Crippen LogP contribution in [0.1, 0.15) is 39.9 Å². The maximum absolute atomic E-state index is 5.71. The fourth-order valence-electron chi connectivity index (χ4n) is 2.56. The molecule has 0 bridgehead atoms. The second-order valence-corrected chi connectivity index (χ2v) is 5.99. The Morgan fingerprint density at radius 3 is 2.94 bits per heavy atom. The van der Waals surface area contributed by atoms with Crippen molar-refractivity contribution in [2.24, 2.45) is 12.9 Å². The predicted molar refractivity (Wildman–Crippen MR) is 73.3 cm³/mol. The van der Waals surface area contributed by atoms with Crippen molar-refractivity contribution in [1.29, 1.82) is 0 Å². The maximum Gasteiger partial charge on any atom is 0.0991 e. The van der Waals surface area contributed by atoms with E-state index in [0.717, 1.165) is 5.69 Å². The molecule has 1 aliphatic rings. The van der Waals surface area contributed by atoms with Crippen molar-refractivity contribution in [1.82, 2.24) is 15.2 Å². The summed E-state index contributed by atoms with van der Waals surface area (Å²) in [7, 11) is 1.93. The van der Waals surface area contributed by atoms with Gasteiger partial charge in [0.15, 0.2) is 0 Å². The molecule has 0 fully saturated rings. The van der Waals surface area contributed by atoms with E-state index >= 15 is 0 Å². The SMILES string of the molecule is Cn1ccc(C(NN)c2cc3c(s2)CCCC3)n1. The van der Waals surface area contributed by atoms with Crippen LogP contribution in [0.3, 0.4) is 0 Å². The number of fused-ring (bicyclic) bond motifs is 1. The molecule has 1 aliphatic carbocycles. The monoisotopic (exact) mass is 262 g/mol. The lowest BCUT2D eigenvalue weighted by molar-refractivity contribution is 0.611. The molecule has 18 heavy (non-hydrogen) atoms. The van der Waals surface area contributed by atoms with Gasteiger partial charge < -0.3 is 0 Å². The van der Waals surface area contributed by atoms with Crippen LogP contribution >= 0.6 is 11.3 Å². The lowest BCUT2D eigenvalue weighted by Crippen LogP contribution is -2.28. The van der Waals surface area contributed by atoms with Gasteiger partial charge in [-0.15, -0.1) is 11.3 Å². The largest absolute Gasteiger partial charge is 0.275 e. The van der Waals surface area contributed by atoms with E-state index in [2.05, 4.69) is 16.6 Å². The number of nitrogens with two attached hydrogens (primary N) is 1. The quantitative estimate of drug-likeness (QED) is 0.656. The lowest BCUT2D eigenvalue weighted by Gasteiger charge is -2.10. The van der Waals surface area contributed by atoms with Gasteiger partial charge in [-0.1, -0.05) is 0 Å². The van der Waals surface area contributed by atoms with E-state index in [9.17, 15) is 0 Å². The molecular weight excluding hydrogens is 244 g/mol. The molecule has 96 valence electrons. The number of aromatic nitrogens is 2. The molecule has 5 heteroatoms. The Bertz CT molecular complexity index is 519. The Hall–Kier alpha value is -1.17. The van der Waals surface area contributed by atoms with Gasteiger partial charge in [-0.3, -0.25) is 10.5 Å². The Morgan fingerprint density at radius 2 is 2.28 bits per heavy atom. The van der Waals surface area contributed by atoms with E-state index in [1.165, 1.54) is 41.0 Å². The second kappa shape index (κ2) is 4.84. The first-order valence-electron chi connectivity index (χ1n) is 6.35. The van der Waals surface area contributed by atoms with Crippen LogP contribution in [-0.4, -0.2) is 9.78 Å². The molecule has 2 aromatic rings. The van der Waals surface area contributed by atoms with Gasteiger partial charge in [-0.05, 0) is 43.4 Å². The number of nitrogens with one attached hydrogen (secondary N) is 1. The third-order valence-electron chi connectivity index (χ3n) is 3.50. The average molecular weight is 262 g/mol. The minimum absolute atomic E-state index is 0.0156. The van der Waals surface area contributed by atoms with Gasteiger partial charge in [0.25, 0.3) is 0 Å². The van der Waals surface area contributed by atoms with Crippen LogP contribution in [0.4, 0.5) is 0 Å². The summed E-state index contributed by atoms with van der Waals surface area (Å²) in [6, 6.07) is 4.34. The third-order valence-corrected chi connectivity index (χ3v) is 4.80. The molecule has 0 spiro atoms. The van der Waals surface area contributed by atoms with E-state index in [-0.39, 0.29) is 6.04 Å². The Labute approximate surface area is 111 Å². The van der Waals surface area contributed by atoms with Crippen molar-refractivity contribution in [2.45, 2.75) is 31.7 Å². The Kier molecular flexibility index (Phi) is 3.20. The predicted octanol–water partition coefficient (Wildman–Crippen LogP) is 1.91.